The fraction of sp³-hybridized carbons (Fsp3) is 0.917. The van der Waals surface area contributed by atoms with E-state index in [1.807, 2.05) is 0 Å². The summed E-state index contributed by atoms with van der Waals surface area (Å²) < 4.78 is 0. The van der Waals surface area contributed by atoms with Crippen molar-refractivity contribution in [3.8, 4) is 0 Å². The molecule has 0 bridgehead atoms. The average molecular weight is 226 g/mol. The maximum absolute atomic E-state index is 11.0. The molecule has 4 nitrogen and oxygen atoms in total. The maximum Gasteiger partial charge on any atom is 0.308 e. The van der Waals surface area contributed by atoms with Crippen molar-refractivity contribution in [2.24, 2.45) is 5.92 Å². The van der Waals surface area contributed by atoms with Gasteiger partial charge in [-0.25, -0.2) is 0 Å². The predicted octanol–water partition coefficient (Wildman–Crippen LogP) is 0.877. The number of hydrogen-bond acceptors (Lipinski definition) is 3. The second-order valence-corrected chi connectivity index (χ2v) is 4.97. The fourth-order valence-electron chi connectivity index (χ4n) is 2.84. The smallest absolute Gasteiger partial charge is 0.308 e. The van der Waals surface area contributed by atoms with Gasteiger partial charge in [0.25, 0.3) is 0 Å². The van der Waals surface area contributed by atoms with Crippen molar-refractivity contribution in [1.82, 2.24) is 9.80 Å². The summed E-state index contributed by atoms with van der Waals surface area (Å²) in [6.45, 7) is 7.70. The molecule has 2 rings (SSSR count). The van der Waals surface area contributed by atoms with E-state index in [4.69, 9.17) is 5.11 Å². The monoisotopic (exact) mass is 226 g/mol. The van der Waals surface area contributed by atoms with Crippen LogP contribution >= 0.6 is 0 Å². The average Bonchev–Trinajstić information content (AvgIpc) is 2.18. The van der Waals surface area contributed by atoms with Crippen molar-refractivity contribution in [2.75, 3.05) is 32.7 Å². The van der Waals surface area contributed by atoms with Crippen LogP contribution in [0.1, 0.15) is 26.2 Å². The SMILES string of the molecule is CCCN1CCN(C2CCC2C(=O)O)CC1. The first-order valence-electron chi connectivity index (χ1n) is 6.41. The van der Waals surface area contributed by atoms with E-state index in [9.17, 15) is 4.79 Å². The van der Waals surface area contributed by atoms with Gasteiger partial charge in [0.1, 0.15) is 0 Å². The van der Waals surface area contributed by atoms with E-state index in [2.05, 4.69) is 16.7 Å². The largest absolute Gasteiger partial charge is 0.481 e. The third-order valence-corrected chi connectivity index (χ3v) is 3.97. The molecule has 1 aliphatic heterocycles. The fourth-order valence-corrected chi connectivity index (χ4v) is 2.84. The van der Waals surface area contributed by atoms with E-state index in [-0.39, 0.29) is 5.92 Å². The van der Waals surface area contributed by atoms with Crippen LogP contribution in [0.25, 0.3) is 0 Å². The standard InChI is InChI=1S/C12H22N2O2/c1-2-5-13-6-8-14(9-7-13)11-4-3-10(11)12(15)16/h10-11H,2-9H2,1H3,(H,15,16). The first kappa shape index (κ1) is 11.9. The molecule has 2 aliphatic rings. The highest BCUT2D eigenvalue weighted by Crippen LogP contribution is 2.32. The summed E-state index contributed by atoms with van der Waals surface area (Å²) in [6, 6.07) is 0.321. The minimum absolute atomic E-state index is 0.0993. The first-order chi connectivity index (χ1) is 7.72. The minimum Gasteiger partial charge on any atom is -0.481 e. The van der Waals surface area contributed by atoms with E-state index in [0.717, 1.165) is 39.0 Å². The van der Waals surface area contributed by atoms with E-state index in [0.29, 0.717) is 6.04 Å². The summed E-state index contributed by atoms with van der Waals surface area (Å²) in [4.78, 5) is 15.8. The van der Waals surface area contributed by atoms with Crippen LogP contribution in [-0.4, -0.2) is 59.6 Å². The van der Waals surface area contributed by atoms with E-state index >= 15 is 0 Å². The lowest BCUT2D eigenvalue weighted by molar-refractivity contribution is -0.149. The molecule has 16 heavy (non-hydrogen) atoms. The van der Waals surface area contributed by atoms with Crippen LogP contribution < -0.4 is 0 Å². The molecule has 1 heterocycles. The summed E-state index contributed by atoms with van der Waals surface area (Å²) in [5.74, 6) is -0.704. The van der Waals surface area contributed by atoms with Gasteiger partial charge in [-0.1, -0.05) is 6.92 Å². The molecule has 4 heteroatoms. The van der Waals surface area contributed by atoms with Gasteiger partial charge in [-0.05, 0) is 25.8 Å². The Morgan fingerprint density at radius 3 is 2.38 bits per heavy atom. The molecule has 92 valence electrons. The van der Waals surface area contributed by atoms with Gasteiger partial charge >= 0.3 is 5.97 Å². The van der Waals surface area contributed by atoms with Gasteiger partial charge in [0.15, 0.2) is 0 Å². The lowest BCUT2D eigenvalue weighted by Crippen LogP contribution is -2.57. The van der Waals surface area contributed by atoms with Crippen LogP contribution in [0.4, 0.5) is 0 Å². The topological polar surface area (TPSA) is 43.8 Å². The number of nitrogens with zero attached hydrogens (tertiary/aromatic N) is 2. The Labute approximate surface area is 97.2 Å². The molecular weight excluding hydrogens is 204 g/mol. The number of piperazine rings is 1. The van der Waals surface area contributed by atoms with Crippen molar-refractivity contribution in [3.05, 3.63) is 0 Å². The molecule has 0 spiro atoms. The molecule has 1 saturated carbocycles. The van der Waals surface area contributed by atoms with Crippen LogP contribution in [0.3, 0.4) is 0 Å². The number of carboxylic acid groups (broad SMARTS) is 1. The van der Waals surface area contributed by atoms with Crippen LogP contribution in [0.2, 0.25) is 0 Å². The zero-order valence-electron chi connectivity index (χ0n) is 10.1. The Balaban J connectivity index is 1.78. The van der Waals surface area contributed by atoms with Crippen LogP contribution in [0, 0.1) is 5.92 Å². The number of carboxylic acids is 1. The first-order valence-corrected chi connectivity index (χ1v) is 6.41. The molecule has 1 aliphatic carbocycles. The van der Waals surface area contributed by atoms with Gasteiger partial charge in [0, 0.05) is 32.2 Å². The number of hydrogen-bond donors (Lipinski definition) is 1. The summed E-state index contributed by atoms with van der Waals surface area (Å²) in [7, 11) is 0. The highest BCUT2D eigenvalue weighted by molar-refractivity contribution is 5.72. The summed E-state index contributed by atoms with van der Waals surface area (Å²) in [5, 5.41) is 9.03. The molecule has 0 amide bonds. The number of carbonyl (C=O) groups is 1. The molecule has 1 saturated heterocycles. The molecule has 2 unspecified atom stereocenters. The van der Waals surface area contributed by atoms with Gasteiger partial charge < -0.3 is 10.0 Å². The van der Waals surface area contributed by atoms with Crippen LogP contribution in [0.5, 0.6) is 0 Å². The molecule has 0 radical (unpaired) electrons. The predicted molar refractivity (Wildman–Crippen MR) is 62.5 cm³/mol. The van der Waals surface area contributed by atoms with E-state index in [1.165, 1.54) is 13.0 Å². The molecule has 2 atom stereocenters. The van der Waals surface area contributed by atoms with Gasteiger partial charge in [0.2, 0.25) is 0 Å². The molecule has 2 fully saturated rings. The van der Waals surface area contributed by atoms with Gasteiger partial charge in [-0.2, -0.15) is 0 Å². The second kappa shape index (κ2) is 5.15. The summed E-state index contributed by atoms with van der Waals surface area (Å²) in [6.07, 6.45) is 3.15. The van der Waals surface area contributed by atoms with E-state index in [1.54, 1.807) is 0 Å². The second-order valence-electron chi connectivity index (χ2n) is 4.97. The van der Waals surface area contributed by atoms with Crippen LogP contribution in [0.15, 0.2) is 0 Å². The van der Waals surface area contributed by atoms with Crippen LogP contribution in [-0.2, 0) is 4.79 Å². The van der Waals surface area contributed by atoms with Crippen molar-refractivity contribution >= 4 is 5.97 Å². The van der Waals surface area contributed by atoms with Gasteiger partial charge in [-0.3, -0.25) is 9.69 Å². The summed E-state index contributed by atoms with van der Waals surface area (Å²) in [5.41, 5.74) is 0. The highest BCUT2D eigenvalue weighted by Gasteiger charge is 2.40. The number of aliphatic carboxylic acids is 1. The Hall–Kier alpha value is -0.610. The molecule has 0 aromatic heterocycles. The Bertz CT molecular complexity index is 249. The highest BCUT2D eigenvalue weighted by atomic mass is 16.4. The minimum atomic E-state index is -0.604. The molecule has 0 aromatic rings. The lowest BCUT2D eigenvalue weighted by Gasteiger charge is -2.46. The third kappa shape index (κ3) is 2.38. The third-order valence-electron chi connectivity index (χ3n) is 3.97. The zero-order chi connectivity index (χ0) is 11.5. The molecular formula is C12H22N2O2. The van der Waals surface area contributed by atoms with Crippen molar-refractivity contribution in [1.29, 1.82) is 0 Å². The Morgan fingerprint density at radius 1 is 1.25 bits per heavy atom. The normalized spacial score (nSPS) is 32.3. The van der Waals surface area contributed by atoms with E-state index < -0.39 is 5.97 Å². The van der Waals surface area contributed by atoms with Crippen molar-refractivity contribution in [2.45, 2.75) is 32.2 Å². The molecule has 0 aromatic carbocycles. The van der Waals surface area contributed by atoms with Gasteiger partial charge in [0.05, 0.1) is 5.92 Å². The van der Waals surface area contributed by atoms with Gasteiger partial charge in [-0.15, -0.1) is 0 Å². The Kier molecular flexibility index (Phi) is 3.82. The maximum atomic E-state index is 11.0. The summed E-state index contributed by atoms with van der Waals surface area (Å²) >= 11 is 0. The quantitative estimate of drug-likeness (QED) is 0.773. The number of rotatable bonds is 4. The molecule has 1 N–H and O–H groups in total. The zero-order valence-corrected chi connectivity index (χ0v) is 10.1. The Morgan fingerprint density at radius 2 is 1.94 bits per heavy atom. The lowest BCUT2D eigenvalue weighted by atomic mass is 9.78. The van der Waals surface area contributed by atoms with Crippen molar-refractivity contribution in [3.63, 3.8) is 0 Å². The van der Waals surface area contributed by atoms with Crippen molar-refractivity contribution < 1.29 is 9.90 Å².